The van der Waals surface area contributed by atoms with Gasteiger partial charge in [-0.1, -0.05) is 124 Å². The average Bonchev–Trinajstić information content (AvgIpc) is 2.63. The molecule has 0 radical (unpaired) electrons. The summed E-state index contributed by atoms with van der Waals surface area (Å²) in [6, 6.07) is 0. The monoisotopic (exact) mass is 426 g/mol. The zero-order chi connectivity index (χ0) is 22.0. The van der Waals surface area contributed by atoms with Crippen LogP contribution >= 0.6 is 0 Å². The van der Waals surface area contributed by atoms with Crippen LogP contribution in [0.5, 0.6) is 0 Å². The third-order valence-electron chi connectivity index (χ3n) is 6.76. The van der Waals surface area contributed by atoms with Gasteiger partial charge in [0, 0.05) is 6.42 Å². The van der Waals surface area contributed by atoms with Crippen molar-refractivity contribution in [3.05, 3.63) is 0 Å². The van der Waals surface area contributed by atoms with Gasteiger partial charge in [-0.25, -0.2) is 0 Å². The highest BCUT2D eigenvalue weighted by Gasteiger charge is 2.38. The molecule has 0 aromatic carbocycles. The molecule has 0 amide bonds. The number of rotatable bonds is 20. The number of carbonyl (C=O) groups is 1. The molecule has 174 valence electrons. The highest BCUT2D eigenvalue weighted by molar-refractivity contribution is 6.74. The third-order valence-corrected chi connectivity index (χ3v) is 11.3. The van der Waals surface area contributed by atoms with Crippen LogP contribution in [0.1, 0.15) is 137 Å². The van der Waals surface area contributed by atoms with Gasteiger partial charge in [0.15, 0.2) is 8.32 Å². The summed E-state index contributed by atoms with van der Waals surface area (Å²) in [6.45, 7) is 13.7. The fraction of sp³-hybridized carbons (Fsp3) is 0.962. The summed E-state index contributed by atoms with van der Waals surface area (Å²) < 4.78 is 6.47. The summed E-state index contributed by atoms with van der Waals surface area (Å²) >= 11 is 0. The topological polar surface area (TPSA) is 26.3 Å². The maximum absolute atomic E-state index is 11.0. The molecular formula is C26H54O2Si. The van der Waals surface area contributed by atoms with Gasteiger partial charge in [-0.05, 0) is 24.6 Å². The Balaban J connectivity index is 3.61. The van der Waals surface area contributed by atoms with Crippen LogP contribution in [-0.4, -0.2) is 20.7 Å². The first-order valence-electron chi connectivity index (χ1n) is 12.9. The molecule has 3 heteroatoms. The maximum Gasteiger partial charge on any atom is 0.192 e. The van der Waals surface area contributed by atoms with Gasteiger partial charge in [0.25, 0.3) is 0 Å². The van der Waals surface area contributed by atoms with E-state index in [1.54, 1.807) is 0 Å². The second-order valence-electron chi connectivity index (χ2n) is 10.6. The minimum absolute atomic E-state index is 0.135. The van der Waals surface area contributed by atoms with Crippen molar-refractivity contribution in [2.75, 3.05) is 0 Å². The Labute approximate surface area is 185 Å². The van der Waals surface area contributed by atoms with Crippen molar-refractivity contribution in [2.45, 2.75) is 161 Å². The smallest absolute Gasteiger partial charge is 0.192 e. The van der Waals surface area contributed by atoms with Gasteiger partial charge >= 0.3 is 0 Å². The molecular weight excluding hydrogens is 372 g/mol. The van der Waals surface area contributed by atoms with E-state index in [-0.39, 0.29) is 11.1 Å². The predicted molar refractivity (Wildman–Crippen MR) is 132 cm³/mol. The molecule has 0 fully saturated rings. The quantitative estimate of drug-likeness (QED) is 0.110. The van der Waals surface area contributed by atoms with E-state index in [9.17, 15) is 4.79 Å². The van der Waals surface area contributed by atoms with Crippen molar-refractivity contribution < 1.29 is 9.22 Å². The number of aldehydes is 1. The Morgan fingerprint density at radius 2 is 1.10 bits per heavy atom. The van der Waals surface area contributed by atoms with E-state index in [0.29, 0.717) is 6.42 Å². The lowest BCUT2D eigenvalue weighted by Crippen LogP contribution is -2.44. The second kappa shape index (κ2) is 17.5. The highest BCUT2D eigenvalue weighted by atomic mass is 28.4. The van der Waals surface area contributed by atoms with Crippen LogP contribution in [0.15, 0.2) is 0 Å². The lowest BCUT2D eigenvalue weighted by molar-refractivity contribution is -0.109. The standard InChI is InChI=1S/C26H54O2Si/c1-7-8-9-10-11-12-13-14-15-16-17-18-19-20-21-22-25(23-24-27)28-29(5,6)26(2,3)4/h24-25H,7-23H2,1-6H3/t25-/m1/s1. The first kappa shape index (κ1) is 28.8. The summed E-state index contributed by atoms with van der Waals surface area (Å²) in [4.78, 5) is 11.0. The van der Waals surface area contributed by atoms with Gasteiger partial charge in [0.2, 0.25) is 0 Å². The molecule has 0 heterocycles. The summed E-state index contributed by atoms with van der Waals surface area (Å²) in [5.41, 5.74) is 0. The molecule has 1 atom stereocenters. The second-order valence-corrected chi connectivity index (χ2v) is 15.4. The van der Waals surface area contributed by atoms with Crippen molar-refractivity contribution >= 4 is 14.6 Å². The van der Waals surface area contributed by atoms with Gasteiger partial charge < -0.3 is 9.22 Å². The summed E-state index contributed by atoms with van der Waals surface area (Å²) in [7, 11) is -1.77. The molecule has 0 aliphatic rings. The van der Waals surface area contributed by atoms with Crippen LogP contribution in [0, 0.1) is 0 Å². The van der Waals surface area contributed by atoms with Gasteiger partial charge in [-0.15, -0.1) is 0 Å². The molecule has 0 aromatic rings. The van der Waals surface area contributed by atoms with Gasteiger partial charge in [-0.2, -0.15) is 0 Å². The number of unbranched alkanes of at least 4 members (excludes halogenated alkanes) is 14. The lowest BCUT2D eigenvalue weighted by atomic mass is 10.0. The first-order valence-corrected chi connectivity index (χ1v) is 15.8. The molecule has 0 aliphatic heterocycles. The van der Waals surface area contributed by atoms with Crippen LogP contribution in [0.2, 0.25) is 18.1 Å². The Morgan fingerprint density at radius 3 is 1.45 bits per heavy atom. The summed E-state index contributed by atoms with van der Waals surface area (Å²) in [5.74, 6) is 0. The van der Waals surface area contributed by atoms with E-state index >= 15 is 0 Å². The molecule has 0 spiro atoms. The zero-order valence-electron chi connectivity index (χ0n) is 21.0. The minimum atomic E-state index is -1.77. The predicted octanol–water partition coefficient (Wildman–Crippen LogP) is 9.23. The minimum Gasteiger partial charge on any atom is -0.414 e. The van der Waals surface area contributed by atoms with E-state index in [1.807, 2.05) is 0 Å². The Bertz CT molecular complexity index is 373. The average molecular weight is 427 g/mol. The van der Waals surface area contributed by atoms with Crippen molar-refractivity contribution in [3.8, 4) is 0 Å². The Kier molecular flexibility index (Phi) is 17.4. The number of carbonyl (C=O) groups excluding carboxylic acids is 1. The first-order chi connectivity index (χ1) is 13.7. The molecule has 0 bridgehead atoms. The third kappa shape index (κ3) is 16.2. The van der Waals surface area contributed by atoms with E-state index in [1.165, 1.54) is 96.3 Å². The lowest BCUT2D eigenvalue weighted by Gasteiger charge is -2.39. The molecule has 0 saturated heterocycles. The summed E-state index contributed by atoms with van der Waals surface area (Å²) in [6.07, 6.45) is 23.7. The molecule has 2 nitrogen and oxygen atoms in total. The van der Waals surface area contributed by atoms with Gasteiger partial charge in [0.05, 0.1) is 6.10 Å². The van der Waals surface area contributed by atoms with Crippen LogP contribution in [0.4, 0.5) is 0 Å². The van der Waals surface area contributed by atoms with E-state index in [4.69, 9.17) is 4.43 Å². The molecule has 29 heavy (non-hydrogen) atoms. The maximum atomic E-state index is 11.0. The summed E-state index contributed by atoms with van der Waals surface area (Å²) in [5, 5.41) is 0.211. The van der Waals surface area contributed by atoms with Crippen molar-refractivity contribution in [1.29, 1.82) is 0 Å². The molecule has 0 aromatic heterocycles. The normalized spacial score (nSPS) is 13.6. The van der Waals surface area contributed by atoms with E-state index in [0.717, 1.165) is 12.7 Å². The van der Waals surface area contributed by atoms with Crippen molar-refractivity contribution in [2.24, 2.45) is 0 Å². The highest BCUT2D eigenvalue weighted by Crippen LogP contribution is 2.38. The molecule has 0 aliphatic carbocycles. The van der Waals surface area contributed by atoms with Crippen LogP contribution < -0.4 is 0 Å². The van der Waals surface area contributed by atoms with Crippen molar-refractivity contribution in [1.82, 2.24) is 0 Å². The fourth-order valence-electron chi connectivity index (χ4n) is 3.67. The number of hydrogen-bond donors (Lipinski definition) is 0. The zero-order valence-corrected chi connectivity index (χ0v) is 22.0. The van der Waals surface area contributed by atoms with Gasteiger partial charge in [0.1, 0.15) is 6.29 Å². The molecule has 0 unspecified atom stereocenters. The fourth-order valence-corrected chi connectivity index (χ4v) is 5.07. The van der Waals surface area contributed by atoms with E-state index < -0.39 is 8.32 Å². The SMILES string of the molecule is CCCCCCCCCCCCCCCCC[C@H](CC=O)O[Si](C)(C)C(C)(C)C. The van der Waals surface area contributed by atoms with Crippen LogP contribution in [-0.2, 0) is 9.22 Å². The van der Waals surface area contributed by atoms with Crippen LogP contribution in [0.25, 0.3) is 0 Å². The molecule has 0 N–H and O–H groups in total. The van der Waals surface area contributed by atoms with Crippen LogP contribution in [0.3, 0.4) is 0 Å². The molecule has 0 rings (SSSR count). The van der Waals surface area contributed by atoms with Gasteiger partial charge in [-0.3, -0.25) is 0 Å². The largest absolute Gasteiger partial charge is 0.414 e. The number of hydrogen-bond acceptors (Lipinski definition) is 2. The van der Waals surface area contributed by atoms with E-state index in [2.05, 4.69) is 40.8 Å². The molecule has 0 saturated carbocycles. The Morgan fingerprint density at radius 1 is 0.724 bits per heavy atom. The van der Waals surface area contributed by atoms with Crippen molar-refractivity contribution in [3.63, 3.8) is 0 Å². The Hall–Kier alpha value is -0.153.